The number of para-hydroxylation sites is 1. The van der Waals surface area contributed by atoms with Crippen LogP contribution < -0.4 is 10.6 Å². The number of benzene rings is 2. The van der Waals surface area contributed by atoms with E-state index < -0.39 is 0 Å². The number of furan rings is 1. The number of carbonyl (C=O) groups is 1. The van der Waals surface area contributed by atoms with Gasteiger partial charge in [-0.2, -0.15) is 0 Å². The lowest BCUT2D eigenvalue weighted by Gasteiger charge is -2.12. The van der Waals surface area contributed by atoms with Crippen LogP contribution in [0.1, 0.15) is 10.6 Å². The van der Waals surface area contributed by atoms with Crippen LogP contribution >= 0.6 is 11.6 Å². The molecule has 0 atom stereocenters. The fraction of sp³-hybridized carbons (Fsp3) is 0.0952. The predicted octanol–water partition coefficient (Wildman–Crippen LogP) is 4.39. The molecule has 140 valence electrons. The Morgan fingerprint density at radius 3 is 2.61 bits per heavy atom. The average Bonchev–Trinajstić information content (AvgIpc) is 3.26. The molecule has 1 amide bonds. The van der Waals surface area contributed by atoms with Gasteiger partial charge in [0, 0.05) is 24.0 Å². The Kier molecular flexibility index (Phi) is 5.21. The summed E-state index contributed by atoms with van der Waals surface area (Å²) in [6, 6.07) is 18.5. The molecule has 6 nitrogen and oxygen atoms in total. The van der Waals surface area contributed by atoms with E-state index in [-0.39, 0.29) is 11.7 Å². The Balaban J connectivity index is 1.54. The molecule has 2 N–H and O–H groups in total. The molecule has 0 saturated carbocycles. The van der Waals surface area contributed by atoms with Crippen LogP contribution in [-0.4, -0.2) is 29.0 Å². The number of anilines is 1. The highest BCUT2D eigenvalue weighted by atomic mass is 35.5. The molecular formula is C21H17ClN4O2. The van der Waals surface area contributed by atoms with Gasteiger partial charge in [-0.15, -0.1) is 0 Å². The first-order valence-electron chi connectivity index (χ1n) is 8.79. The molecule has 0 bridgehead atoms. The van der Waals surface area contributed by atoms with E-state index in [0.29, 0.717) is 29.8 Å². The summed E-state index contributed by atoms with van der Waals surface area (Å²) in [5.41, 5.74) is 1.58. The average molecular weight is 393 g/mol. The van der Waals surface area contributed by atoms with E-state index in [1.807, 2.05) is 48.5 Å². The number of nitrogens with zero attached hydrogens (tertiary/aromatic N) is 2. The molecule has 28 heavy (non-hydrogen) atoms. The Labute approximate surface area is 166 Å². The minimum absolute atomic E-state index is 0.254. The highest BCUT2D eigenvalue weighted by Crippen LogP contribution is 2.28. The SMILES string of the molecule is O=C(NCCNc1nc(-c2ccccc2Cl)nc2ccccc12)c1ccco1. The fourth-order valence-corrected chi connectivity index (χ4v) is 3.05. The van der Waals surface area contributed by atoms with Gasteiger partial charge in [0.15, 0.2) is 11.6 Å². The van der Waals surface area contributed by atoms with Gasteiger partial charge in [-0.05, 0) is 36.4 Å². The zero-order chi connectivity index (χ0) is 19.3. The molecule has 0 aliphatic rings. The number of hydrogen-bond donors (Lipinski definition) is 2. The van der Waals surface area contributed by atoms with E-state index in [0.717, 1.165) is 16.5 Å². The van der Waals surface area contributed by atoms with Gasteiger partial charge >= 0.3 is 0 Å². The molecule has 0 fully saturated rings. The zero-order valence-corrected chi connectivity index (χ0v) is 15.6. The quantitative estimate of drug-likeness (QED) is 0.476. The largest absolute Gasteiger partial charge is 0.459 e. The molecule has 0 saturated heterocycles. The van der Waals surface area contributed by atoms with Gasteiger partial charge in [-0.3, -0.25) is 4.79 Å². The molecule has 2 aromatic heterocycles. The summed E-state index contributed by atoms with van der Waals surface area (Å²) in [4.78, 5) is 21.2. The second-order valence-electron chi connectivity index (χ2n) is 6.05. The van der Waals surface area contributed by atoms with Crippen molar-refractivity contribution in [1.82, 2.24) is 15.3 Å². The van der Waals surface area contributed by atoms with Crippen molar-refractivity contribution in [1.29, 1.82) is 0 Å². The first-order chi connectivity index (χ1) is 13.7. The molecule has 0 aliphatic carbocycles. The smallest absolute Gasteiger partial charge is 0.287 e. The fourth-order valence-electron chi connectivity index (χ4n) is 2.83. The number of aromatic nitrogens is 2. The van der Waals surface area contributed by atoms with E-state index in [1.54, 1.807) is 12.1 Å². The number of rotatable bonds is 6. The van der Waals surface area contributed by atoms with Crippen LogP contribution in [0.4, 0.5) is 5.82 Å². The van der Waals surface area contributed by atoms with E-state index >= 15 is 0 Å². The maximum atomic E-state index is 11.9. The molecule has 0 aliphatic heterocycles. The van der Waals surface area contributed by atoms with Crippen molar-refractivity contribution >= 4 is 34.2 Å². The highest BCUT2D eigenvalue weighted by Gasteiger charge is 2.12. The van der Waals surface area contributed by atoms with Crippen molar-refractivity contribution in [2.75, 3.05) is 18.4 Å². The van der Waals surface area contributed by atoms with Crippen molar-refractivity contribution in [3.8, 4) is 11.4 Å². The zero-order valence-electron chi connectivity index (χ0n) is 14.9. The Bertz CT molecular complexity index is 1110. The van der Waals surface area contributed by atoms with Gasteiger partial charge in [0.25, 0.3) is 5.91 Å². The lowest BCUT2D eigenvalue weighted by atomic mass is 10.2. The third-order valence-corrected chi connectivity index (χ3v) is 4.50. The summed E-state index contributed by atoms with van der Waals surface area (Å²) in [6.45, 7) is 0.911. The van der Waals surface area contributed by atoms with Crippen LogP contribution in [-0.2, 0) is 0 Å². The first kappa shape index (κ1) is 18.0. The van der Waals surface area contributed by atoms with E-state index in [4.69, 9.17) is 16.0 Å². The number of hydrogen-bond acceptors (Lipinski definition) is 5. The van der Waals surface area contributed by atoms with Gasteiger partial charge in [-0.25, -0.2) is 9.97 Å². The van der Waals surface area contributed by atoms with Crippen LogP contribution in [0.5, 0.6) is 0 Å². The van der Waals surface area contributed by atoms with Crippen molar-refractivity contribution in [3.05, 3.63) is 77.7 Å². The second kappa shape index (κ2) is 8.10. The number of carbonyl (C=O) groups excluding carboxylic acids is 1. The second-order valence-corrected chi connectivity index (χ2v) is 6.46. The summed E-state index contributed by atoms with van der Waals surface area (Å²) < 4.78 is 5.08. The van der Waals surface area contributed by atoms with Crippen molar-refractivity contribution in [2.24, 2.45) is 0 Å². The summed E-state index contributed by atoms with van der Waals surface area (Å²) in [7, 11) is 0. The minimum Gasteiger partial charge on any atom is -0.459 e. The molecule has 0 radical (unpaired) electrons. The molecule has 0 unspecified atom stereocenters. The highest BCUT2D eigenvalue weighted by molar-refractivity contribution is 6.33. The summed E-state index contributed by atoms with van der Waals surface area (Å²) >= 11 is 6.32. The van der Waals surface area contributed by atoms with Crippen LogP contribution in [0.3, 0.4) is 0 Å². The van der Waals surface area contributed by atoms with Gasteiger partial charge < -0.3 is 15.1 Å². The topological polar surface area (TPSA) is 80.0 Å². The normalized spacial score (nSPS) is 10.8. The maximum absolute atomic E-state index is 11.9. The summed E-state index contributed by atoms with van der Waals surface area (Å²) in [5.74, 6) is 1.27. The number of fused-ring (bicyclic) bond motifs is 1. The van der Waals surface area contributed by atoms with Crippen LogP contribution in [0, 0.1) is 0 Å². The monoisotopic (exact) mass is 392 g/mol. The summed E-state index contributed by atoms with van der Waals surface area (Å²) in [5, 5.41) is 7.57. The molecule has 0 spiro atoms. The number of amides is 1. The van der Waals surface area contributed by atoms with Crippen molar-refractivity contribution in [2.45, 2.75) is 0 Å². The van der Waals surface area contributed by atoms with Crippen molar-refractivity contribution < 1.29 is 9.21 Å². The molecule has 2 heterocycles. The Morgan fingerprint density at radius 1 is 0.964 bits per heavy atom. The minimum atomic E-state index is -0.254. The lowest BCUT2D eigenvalue weighted by Crippen LogP contribution is -2.28. The summed E-state index contributed by atoms with van der Waals surface area (Å²) in [6.07, 6.45) is 1.47. The van der Waals surface area contributed by atoms with Gasteiger partial charge in [0.05, 0.1) is 16.8 Å². The Hall–Kier alpha value is -3.38. The third kappa shape index (κ3) is 3.82. The van der Waals surface area contributed by atoms with E-state index in [2.05, 4.69) is 20.6 Å². The van der Waals surface area contributed by atoms with Gasteiger partial charge in [0.1, 0.15) is 5.82 Å². The van der Waals surface area contributed by atoms with Crippen molar-refractivity contribution in [3.63, 3.8) is 0 Å². The van der Waals surface area contributed by atoms with Crippen LogP contribution in [0.25, 0.3) is 22.3 Å². The van der Waals surface area contributed by atoms with Gasteiger partial charge in [-0.1, -0.05) is 35.9 Å². The predicted molar refractivity (Wildman–Crippen MR) is 110 cm³/mol. The molecule has 7 heteroatoms. The lowest BCUT2D eigenvalue weighted by molar-refractivity contribution is 0.0927. The molecule has 4 aromatic rings. The van der Waals surface area contributed by atoms with E-state index in [1.165, 1.54) is 6.26 Å². The first-order valence-corrected chi connectivity index (χ1v) is 9.17. The van der Waals surface area contributed by atoms with Crippen LogP contribution in [0.15, 0.2) is 71.3 Å². The van der Waals surface area contributed by atoms with Gasteiger partial charge in [0.2, 0.25) is 0 Å². The molecule has 4 rings (SSSR count). The number of halogens is 1. The number of nitrogens with one attached hydrogen (secondary N) is 2. The Morgan fingerprint density at radius 2 is 1.79 bits per heavy atom. The molecule has 2 aromatic carbocycles. The maximum Gasteiger partial charge on any atom is 0.287 e. The third-order valence-electron chi connectivity index (χ3n) is 4.17. The van der Waals surface area contributed by atoms with E-state index in [9.17, 15) is 4.79 Å². The standard InChI is InChI=1S/C21H17ClN4O2/c22-16-8-3-1-6-14(16)20-25-17-9-4-2-7-15(17)19(26-20)23-11-12-24-21(27)18-10-5-13-28-18/h1-10,13H,11-12H2,(H,24,27)(H,23,25,26). The van der Waals surface area contributed by atoms with Crippen LogP contribution in [0.2, 0.25) is 5.02 Å². The molecular weight excluding hydrogens is 376 g/mol.